The molecule has 0 spiro atoms. The smallest absolute Gasteiger partial charge is 0.224 e. The summed E-state index contributed by atoms with van der Waals surface area (Å²) in [6.07, 6.45) is 0.906. The van der Waals surface area contributed by atoms with Crippen LogP contribution in [-0.4, -0.2) is 33.2 Å². The lowest BCUT2D eigenvalue weighted by Gasteiger charge is -2.20. The third-order valence-corrected chi connectivity index (χ3v) is 4.03. The highest BCUT2D eigenvalue weighted by molar-refractivity contribution is 5.79. The molecular weight excluding hydrogens is 268 g/mol. The van der Waals surface area contributed by atoms with Crippen LogP contribution in [0.5, 0.6) is 11.5 Å². The lowest BCUT2D eigenvalue weighted by molar-refractivity contribution is -0.125. The molecule has 0 radical (unpaired) electrons. The van der Waals surface area contributed by atoms with E-state index in [-0.39, 0.29) is 17.9 Å². The molecule has 2 atom stereocenters. The topological polar surface area (TPSA) is 59.6 Å². The van der Waals surface area contributed by atoms with E-state index in [1.807, 2.05) is 26.0 Å². The summed E-state index contributed by atoms with van der Waals surface area (Å²) >= 11 is 0. The van der Waals surface area contributed by atoms with Crippen molar-refractivity contribution in [3.8, 4) is 11.5 Å². The number of amides is 1. The average molecular weight is 292 g/mol. The zero-order chi connectivity index (χ0) is 15.4. The van der Waals surface area contributed by atoms with Crippen LogP contribution in [0.4, 0.5) is 0 Å². The van der Waals surface area contributed by atoms with Gasteiger partial charge in [-0.2, -0.15) is 0 Å². The fourth-order valence-corrected chi connectivity index (χ4v) is 2.75. The van der Waals surface area contributed by atoms with Crippen molar-refractivity contribution in [1.29, 1.82) is 0 Å². The highest BCUT2D eigenvalue weighted by Gasteiger charge is 2.24. The molecule has 0 saturated carbocycles. The number of rotatable bonds is 5. The van der Waals surface area contributed by atoms with Crippen molar-refractivity contribution in [2.24, 2.45) is 5.92 Å². The summed E-state index contributed by atoms with van der Waals surface area (Å²) in [5.74, 6) is 1.58. The Kier molecular flexibility index (Phi) is 5.07. The van der Waals surface area contributed by atoms with Crippen molar-refractivity contribution >= 4 is 5.91 Å². The molecule has 2 unspecified atom stereocenters. The van der Waals surface area contributed by atoms with Gasteiger partial charge in [-0.25, -0.2) is 0 Å². The summed E-state index contributed by atoms with van der Waals surface area (Å²) < 4.78 is 10.6. The number of ether oxygens (including phenoxy) is 2. The number of methoxy groups -OCH3 is 2. The summed E-state index contributed by atoms with van der Waals surface area (Å²) in [5, 5.41) is 6.31. The van der Waals surface area contributed by atoms with Crippen molar-refractivity contribution in [2.75, 3.05) is 27.3 Å². The van der Waals surface area contributed by atoms with Crippen LogP contribution in [0, 0.1) is 12.8 Å². The molecule has 0 bridgehead atoms. The molecule has 1 aromatic rings. The Morgan fingerprint density at radius 2 is 2.00 bits per heavy atom. The molecule has 0 aliphatic carbocycles. The SMILES string of the molecule is COc1cc(C)c(C(C)NC(=O)C2CCNC2)cc1OC. The van der Waals surface area contributed by atoms with E-state index >= 15 is 0 Å². The maximum Gasteiger partial charge on any atom is 0.224 e. The van der Waals surface area contributed by atoms with Gasteiger partial charge in [0.15, 0.2) is 11.5 Å². The number of carbonyl (C=O) groups excluding carboxylic acids is 1. The number of hydrogen-bond donors (Lipinski definition) is 2. The third kappa shape index (κ3) is 3.47. The van der Waals surface area contributed by atoms with Gasteiger partial charge in [-0.05, 0) is 50.1 Å². The second-order valence-corrected chi connectivity index (χ2v) is 5.48. The van der Waals surface area contributed by atoms with Crippen molar-refractivity contribution in [1.82, 2.24) is 10.6 Å². The van der Waals surface area contributed by atoms with E-state index in [0.29, 0.717) is 11.5 Å². The average Bonchev–Trinajstić information content (AvgIpc) is 3.00. The molecule has 1 heterocycles. The van der Waals surface area contributed by atoms with Crippen LogP contribution in [-0.2, 0) is 4.79 Å². The third-order valence-electron chi connectivity index (χ3n) is 4.03. The Hall–Kier alpha value is -1.75. The highest BCUT2D eigenvalue weighted by Crippen LogP contribution is 2.32. The van der Waals surface area contributed by atoms with E-state index in [1.54, 1.807) is 14.2 Å². The lowest BCUT2D eigenvalue weighted by Crippen LogP contribution is -2.34. The van der Waals surface area contributed by atoms with Crippen molar-refractivity contribution in [3.05, 3.63) is 23.3 Å². The minimum absolute atomic E-state index is 0.0575. The summed E-state index contributed by atoms with van der Waals surface area (Å²) in [7, 11) is 3.24. The summed E-state index contributed by atoms with van der Waals surface area (Å²) in [4.78, 5) is 12.2. The van der Waals surface area contributed by atoms with E-state index in [9.17, 15) is 4.79 Å². The molecule has 116 valence electrons. The Balaban J connectivity index is 2.14. The largest absolute Gasteiger partial charge is 0.493 e. The van der Waals surface area contributed by atoms with Crippen molar-refractivity contribution < 1.29 is 14.3 Å². The van der Waals surface area contributed by atoms with E-state index in [4.69, 9.17) is 9.47 Å². The van der Waals surface area contributed by atoms with Crippen molar-refractivity contribution in [2.45, 2.75) is 26.3 Å². The number of hydrogen-bond acceptors (Lipinski definition) is 4. The van der Waals surface area contributed by atoms with Gasteiger partial charge in [0, 0.05) is 6.54 Å². The second kappa shape index (κ2) is 6.80. The normalized spacial score (nSPS) is 19.1. The quantitative estimate of drug-likeness (QED) is 0.869. The van der Waals surface area contributed by atoms with Crippen LogP contribution in [0.1, 0.15) is 30.5 Å². The van der Waals surface area contributed by atoms with Crippen molar-refractivity contribution in [3.63, 3.8) is 0 Å². The molecule has 5 nitrogen and oxygen atoms in total. The van der Waals surface area contributed by atoms with Crippen LogP contribution < -0.4 is 20.1 Å². The van der Waals surface area contributed by atoms with Crippen LogP contribution in [0.25, 0.3) is 0 Å². The molecule has 21 heavy (non-hydrogen) atoms. The molecule has 1 fully saturated rings. The molecule has 2 rings (SSSR count). The second-order valence-electron chi connectivity index (χ2n) is 5.48. The first kappa shape index (κ1) is 15.6. The predicted octanol–water partition coefficient (Wildman–Crippen LogP) is 1.80. The zero-order valence-corrected chi connectivity index (χ0v) is 13.2. The molecule has 1 aliphatic heterocycles. The van der Waals surface area contributed by atoms with Gasteiger partial charge in [0.1, 0.15) is 0 Å². The fourth-order valence-electron chi connectivity index (χ4n) is 2.75. The first-order chi connectivity index (χ1) is 10.1. The number of aryl methyl sites for hydroxylation is 1. The van der Waals surface area contributed by atoms with E-state index < -0.39 is 0 Å². The lowest BCUT2D eigenvalue weighted by atomic mass is 10.00. The molecule has 1 amide bonds. The van der Waals surface area contributed by atoms with Gasteiger partial charge in [0.05, 0.1) is 26.2 Å². The first-order valence-electron chi connectivity index (χ1n) is 7.30. The fraction of sp³-hybridized carbons (Fsp3) is 0.562. The van der Waals surface area contributed by atoms with Gasteiger partial charge in [0.2, 0.25) is 5.91 Å². The monoisotopic (exact) mass is 292 g/mol. The molecule has 5 heteroatoms. The Morgan fingerprint density at radius 3 is 2.57 bits per heavy atom. The van der Waals surface area contributed by atoms with Crippen LogP contribution >= 0.6 is 0 Å². The van der Waals surface area contributed by atoms with E-state index in [0.717, 1.165) is 30.6 Å². The predicted molar refractivity (Wildman–Crippen MR) is 81.8 cm³/mol. The maximum atomic E-state index is 12.2. The van der Waals surface area contributed by atoms with E-state index in [2.05, 4.69) is 10.6 Å². The first-order valence-corrected chi connectivity index (χ1v) is 7.30. The summed E-state index contributed by atoms with van der Waals surface area (Å²) in [5.41, 5.74) is 2.12. The van der Waals surface area contributed by atoms with Crippen LogP contribution in [0.15, 0.2) is 12.1 Å². The minimum Gasteiger partial charge on any atom is -0.493 e. The van der Waals surface area contributed by atoms with Gasteiger partial charge in [-0.3, -0.25) is 4.79 Å². The van der Waals surface area contributed by atoms with Crippen LogP contribution in [0.3, 0.4) is 0 Å². The Bertz CT molecular complexity index is 510. The maximum absolute atomic E-state index is 12.2. The molecule has 1 aromatic carbocycles. The van der Waals surface area contributed by atoms with Gasteiger partial charge < -0.3 is 20.1 Å². The van der Waals surface area contributed by atoms with Crippen LogP contribution in [0.2, 0.25) is 0 Å². The van der Waals surface area contributed by atoms with Gasteiger partial charge in [-0.1, -0.05) is 0 Å². The molecule has 2 N–H and O–H groups in total. The molecule has 1 saturated heterocycles. The molecule has 1 aliphatic rings. The standard InChI is InChI=1S/C16H24N2O3/c1-10-7-14(20-3)15(21-4)8-13(10)11(2)18-16(19)12-5-6-17-9-12/h7-8,11-12,17H,5-6,9H2,1-4H3,(H,18,19). The minimum atomic E-state index is -0.0575. The van der Waals surface area contributed by atoms with Gasteiger partial charge in [0.25, 0.3) is 0 Å². The number of nitrogens with one attached hydrogen (secondary N) is 2. The summed E-state index contributed by atoms with van der Waals surface area (Å²) in [6.45, 7) is 5.69. The van der Waals surface area contributed by atoms with Gasteiger partial charge in [-0.15, -0.1) is 0 Å². The zero-order valence-electron chi connectivity index (χ0n) is 13.2. The number of benzene rings is 1. The molecule has 0 aromatic heterocycles. The number of carbonyl (C=O) groups is 1. The van der Waals surface area contributed by atoms with E-state index in [1.165, 1.54) is 0 Å². The highest BCUT2D eigenvalue weighted by atomic mass is 16.5. The molecular formula is C16H24N2O3. The Labute approximate surface area is 126 Å². The summed E-state index contributed by atoms with van der Waals surface area (Å²) in [6, 6.07) is 3.82. The van der Waals surface area contributed by atoms with Gasteiger partial charge >= 0.3 is 0 Å². The Morgan fingerprint density at radius 1 is 1.33 bits per heavy atom.